The molecule has 5 aliphatic rings. The van der Waals surface area contributed by atoms with Gasteiger partial charge in [0.05, 0.1) is 18.6 Å². The van der Waals surface area contributed by atoms with Crippen LogP contribution in [0, 0.1) is 11.3 Å². The van der Waals surface area contributed by atoms with Crippen molar-refractivity contribution in [2.75, 3.05) is 67.4 Å². The summed E-state index contributed by atoms with van der Waals surface area (Å²) in [5.41, 5.74) is 5.06. The van der Waals surface area contributed by atoms with Crippen molar-refractivity contribution in [3.63, 3.8) is 0 Å². The van der Waals surface area contributed by atoms with Gasteiger partial charge in [-0.05, 0) is 110 Å². The lowest BCUT2D eigenvalue weighted by molar-refractivity contribution is -0.136. The second-order valence-corrected chi connectivity index (χ2v) is 18.7. The molecule has 0 saturated carbocycles. The molecule has 1 spiro atoms. The lowest BCUT2D eigenvalue weighted by Gasteiger charge is -2.55. The summed E-state index contributed by atoms with van der Waals surface area (Å²) >= 11 is 0. The Balaban J connectivity index is 0.718. The van der Waals surface area contributed by atoms with E-state index in [1.807, 2.05) is 42.6 Å². The quantitative estimate of drug-likeness (QED) is 0.183. The van der Waals surface area contributed by atoms with E-state index >= 15 is 0 Å². The lowest BCUT2D eigenvalue weighted by Crippen LogP contribution is -2.60. The predicted octanol–water partition coefficient (Wildman–Crippen LogP) is 4.07. The maximum absolute atomic E-state index is 13.7. The van der Waals surface area contributed by atoms with E-state index in [0.717, 1.165) is 87.6 Å². The number of fused-ring (bicyclic) bond motifs is 2. The molecule has 3 amide bonds. The standard InChI is InChI=1S/C43H47N9O7S/c1-58-36-18-29(24-51-14-3-13-44-51)19-37-39(36)40(46-59-37)47-60(56,57)33-5-2-4-31(21-33)50-26-43(27-50)11-16-48(17-12-43)22-28-10-15-49(23-28)32-6-7-34-30(20-32)25-52(42(34)55)35-8-9-38(53)45-41(35)54/h2-7,13-14,18-21,28,35H,8-12,15-17,22-27H2,1H3,(H,46,47)(H,45,53,54). The number of likely N-dealkylation sites (tertiary alicyclic amines) is 1. The molecule has 312 valence electrons. The minimum atomic E-state index is -4.00. The minimum Gasteiger partial charge on any atom is -0.496 e. The van der Waals surface area contributed by atoms with E-state index in [-0.39, 0.29) is 34.4 Å². The fourth-order valence-electron chi connectivity index (χ4n) is 9.84. The van der Waals surface area contributed by atoms with Gasteiger partial charge in [0, 0.05) is 80.4 Å². The van der Waals surface area contributed by atoms with Gasteiger partial charge in [0.15, 0.2) is 11.4 Å². The van der Waals surface area contributed by atoms with Gasteiger partial charge in [-0.1, -0.05) is 11.2 Å². The van der Waals surface area contributed by atoms with E-state index in [9.17, 15) is 22.8 Å². The number of nitrogens with one attached hydrogen (secondary N) is 2. The number of carbonyl (C=O) groups excluding carboxylic acids is 3. The first-order valence-corrected chi connectivity index (χ1v) is 22.1. The van der Waals surface area contributed by atoms with Crippen LogP contribution in [0.4, 0.5) is 17.2 Å². The average molecular weight is 834 g/mol. The van der Waals surface area contributed by atoms with Crippen LogP contribution in [-0.4, -0.2) is 110 Å². The van der Waals surface area contributed by atoms with Crippen molar-refractivity contribution in [1.29, 1.82) is 0 Å². The molecule has 0 bridgehead atoms. The van der Waals surface area contributed by atoms with Gasteiger partial charge in [0.2, 0.25) is 11.8 Å². The van der Waals surface area contributed by atoms with E-state index in [0.29, 0.717) is 47.7 Å². The number of anilines is 3. The third-order valence-electron chi connectivity index (χ3n) is 13.1. The molecule has 16 nitrogen and oxygen atoms in total. The number of nitrogens with zero attached hydrogens (tertiary/aromatic N) is 7. The highest BCUT2D eigenvalue weighted by Crippen LogP contribution is 2.44. The second-order valence-electron chi connectivity index (χ2n) is 17.0. The van der Waals surface area contributed by atoms with Gasteiger partial charge in [-0.3, -0.25) is 29.1 Å². The molecular weight excluding hydrogens is 787 g/mol. The van der Waals surface area contributed by atoms with Crippen LogP contribution in [0.1, 0.15) is 53.6 Å². The summed E-state index contributed by atoms with van der Waals surface area (Å²) in [6.07, 6.45) is 7.47. The second kappa shape index (κ2) is 15.0. The van der Waals surface area contributed by atoms with Gasteiger partial charge in [-0.2, -0.15) is 5.10 Å². The summed E-state index contributed by atoms with van der Waals surface area (Å²) in [6, 6.07) is 18.0. The number of hydrogen-bond donors (Lipinski definition) is 2. The number of piperidine rings is 2. The van der Waals surface area contributed by atoms with Crippen molar-refractivity contribution < 1.29 is 32.1 Å². The minimum absolute atomic E-state index is 0.0684. The van der Waals surface area contributed by atoms with Crippen LogP contribution in [0.15, 0.2) is 82.5 Å². The first-order valence-electron chi connectivity index (χ1n) is 20.6. The van der Waals surface area contributed by atoms with E-state index in [1.54, 1.807) is 34.0 Å². The summed E-state index contributed by atoms with van der Waals surface area (Å²) in [5, 5.41) is 11.1. The number of amides is 3. The fourth-order valence-corrected chi connectivity index (χ4v) is 10.9. The number of benzene rings is 3. The van der Waals surface area contributed by atoms with Crippen molar-refractivity contribution in [3.05, 3.63) is 89.7 Å². The average Bonchev–Trinajstić information content (AvgIpc) is 4.06. The first-order chi connectivity index (χ1) is 29.0. The number of imide groups is 1. The molecule has 5 aromatic rings. The van der Waals surface area contributed by atoms with E-state index < -0.39 is 22.0 Å². The third kappa shape index (κ3) is 7.12. The van der Waals surface area contributed by atoms with E-state index in [4.69, 9.17) is 9.26 Å². The summed E-state index contributed by atoms with van der Waals surface area (Å²) in [6.45, 7) is 7.71. The van der Waals surface area contributed by atoms with Crippen molar-refractivity contribution >= 4 is 55.9 Å². The van der Waals surface area contributed by atoms with Crippen molar-refractivity contribution in [3.8, 4) is 5.75 Å². The number of rotatable bonds is 11. The number of methoxy groups -OCH3 is 1. The van der Waals surface area contributed by atoms with Crippen molar-refractivity contribution in [1.82, 2.24) is 30.1 Å². The molecule has 7 heterocycles. The number of hydrogen-bond acceptors (Lipinski definition) is 12. The summed E-state index contributed by atoms with van der Waals surface area (Å²) in [5.74, 6) is 0.242. The third-order valence-corrected chi connectivity index (χ3v) is 14.4. The molecule has 2 N–H and O–H groups in total. The van der Waals surface area contributed by atoms with Gasteiger partial charge in [0.1, 0.15) is 17.2 Å². The topological polar surface area (TPSA) is 175 Å². The molecule has 0 aliphatic carbocycles. The number of aromatic nitrogens is 3. The SMILES string of the molecule is COc1cc(Cn2cccn2)cc2onc(NS(=O)(=O)c3cccc(N4CC5(CCN(CC6CCN(c7ccc8c(c7)CN(C7CCC(=O)NC7=O)C8=O)C6)CC5)C4)c3)c12. The van der Waals surface area contributed by atoms with Crippen molar-refractivity contribution in [2.24, 2.45) is 11.3 Å². The Bertz CT molecular complexity index is 2600. The molecule has 5 aliphatic heterocycles. The Morgan fingerprint density at radius 2 is 1.80 bits per heavy atom. The molecule has 4 saturated heterocycles. The van der Waals surface area contributed by atoms with Crippen LogP contribution in [0.5, 0.6) is 5.75 Å². The Morgan fingerprint density at radius 3 is 2.58 bits per heavy atom. The van der Waals surface area contributed by atoms with E-state index in [2.05, 4.69) is 41.1 Å². The molecular formula is C43H47N9O7S. The Labute approximate surface area is 347 Å². The number of ether oxygens (including phenoxy) is 1. The molecule has 60 heavy (non-hydrogen) atoms. The molecule has 17 heteroatoms. The Morgan fingerprint density at radius 1 is 0.967 bits per heavy atom. The molecule has 0 radical (unpaired) electrons. The molecule has 4 fully saturated rings. The number of sulfonamides is 1. The molecule has 2 atom stereocenters. The van der Waals surface area contributed by atoms with Gasteiger partial charge < -0.3 is 28.9 Å². The monoisotopic (exact) mass is 833 g/mol. The summed E-state index contributed by atoms with van der Waals surface area (Å²) < 4.78 is 43.0. The maximum atomic E-state index is 13.7. The van der Waals surface area contributed by atoms with Gasteiger partial charge in [0.25, 0.3) is 15.9 Å². The smallest absolute Gasteiger partial charge is 0.263 e. The van der Waals surface area contributed by atoms with E-state index in [1.165, 1.54) is 7.11 Å². The Hall–Kier alpha value is -5.94. The summed E-state index contributed by atoms with van der Waals surface area (Å²) in [4.78, 5) is 46.4. The molecule has 10 rings (SSSR count). The lowest BCUT2D eigenvalue weighted by atomic mass is 9.71. The normalized spacial score (nSPS) is 21.8. The van der Waals surface area contributed by atoms with Crippen LogP contribution < -0.4 is 24.6 Å². The van der Waals surface area contributed by atoms with Crippen LogP contribution in [0.25, 0.3) is 11.0 Å². The van der Waals surface area contributed by atoms with Gasteiger partial charge >= 0.3 is 0 Å². The molecule has 3 aromatic carbocycles. The zero-order valence-electron chi connectivity index (χ0n) is 33.4. The van der Waals surface area contributed by atoms with Crippen molar-refractivity contribution in [2.45, 2.75) is 56.1 Å². The number of carbonyl (C=O) groups is 3. The first kappa shape index (κ1) is 38.3. The largest absolute Gasteiger partial charge is 0.496 e. The fraction of sp³-hybridized carbons (Fsp3) is 0.419. The van der Waals surface area contributed by atoms with Crippen LogP contribution >= 0.6 is 0 Å². The highest BCUT2D eigenvalue weighted by Gasteiger charge is 2.45. The molecule has 2 unspecified atom stereocenters. The zero-order valence-corrected chi connectivity index (χ0v) is 34.2. The van der Waals surface area contributed by atoms with Gasteiger partial charge in [-0.15, -0.1) is 0 Å². The van der Waals surface area contributed by atoms with Crippen LogP contribution in [0.2, 0.25) is 0 Å². The van der Waals surface area contributed by atoms with Crippen LogP contribution in [-0.2, 0) is 32.7 Å². The summed E-state index contributed by atoms with van der Waals surface area (Å²) in [7, 11) is -2.47. The van der Waals surface area contributed by atoms with Crippen LogP contribution in [0.3, 0.4) is 0 Å². The highest BCUT2D eigenvalue weighted by molar-refractivity contribution is 7.92. The predicted molar refractivity (Wildman–Crippen MR) is 222 cm³/mol. The Kier molecular flexibility index (Phi) is 9.54. The highest BCUT2D eigenvalue weighted by atomic mass is 32.2. The maximum Gasteiger partial charge on any atom is 0.263 e. The van der Waals surface area contributed by atoms with Gasteiger partial charge in [-0.25, -0.2) is 8.42 Å². The zero-order chi connectivity index (χ0) is 41.2. The molecule has 2 aromatic heterocycles.